The molecule has 3 heterocycles. The lowest BCUT2D eigenvalue weighted by molar-refractivity contribution is -0.153. The third-order valence-electron chi connectivity index (χ3n) is 4.59. The van der Waals surface area contributed by atoms with Crippen molar-refractivity contribution in [3.8, 4) is 0 Å². The highest BCUT2D eigenvalue weighted by Gasteiger charge is 2.27. The molecule has 0 bridgehead atoms. The standard InChI is InChI=1S/C20H21N5O5/c26-18(11-19(27)29-13-15-5-2-1-3-6-15)24-9-10-28-16(12-24)14-30-25-20-17(22-23-25)7-4-8-21-20/h1-8,16H,9-14H2. The fourth-order valence-corrected chi connectivity index (χ4v) is 3.06. The number of morpholine rings is 1. The van der Waals surface area contributed by atoms with Gasteiger partial charge in [0.05, 0.1) is 13.2 Å². The lowest BCUT2D eigenvalue weighted by Crippen LogP contribution is -2.48. The van der Waals surface area contributed by atoms with Crippen LogP contribution in [-0.2, 0) is 25.7 Å². The van der Waals surface area contributed by atoms with Gasteiger partial charge in [0.2, 0.25) is 11.6 Å². The molecule has 0 N–H and O–H groups in total. The highest BCUT2D eigenvalue weighted by Crippen LogP contribution is 2.10. The molecular formula is C20H21N5O5. The number of benzene rings is 1. The number of amides is 1. The van der Waals surface area contributed by atoms with E-state index in [0.717, 1.165) is 5.56 Å². The summed E-state index contributed by atoms with van der Waals surface area (Å²) in [7, 11) is 0. The zero-order chi connectivity index (χ0) is 20.8. The summed E-state index contributed by atoms with van der Waals surface area (Å²) >= 11 is 0. The zero-order valence-corrected chi connectivity index (χ0v) is 16.2. The Labute approximate surface area is 172 Å². The first-order valence-corrected chi connectivity index (χ1v) is 9.57. The van der Waals surface area contributed by atoms with Crippen molar-refractivity contribution < 1.29 is 23.9 Å². The molecular weight excluding hydrogens is 390 g/mol. The first kappa shape index (κ1) is 19.8. The molecule has 10 nitrogen and oxygen atoms in total. The molecule has 1 amide bonds. The summed E-state index contributed by atoms with van der Waals surface area (Å²) in [5.41, 5.74) is 1.99. The number of pyridine rings is 1. The number of fused-ring (bicyclic) bond motifs is 1. The number of aromatic nitrogens is 4. The van der Waals surface area contributed by atoms with E-state index in [4.69, 9.17) is 14.3 Å². The van der Waals surface area contributed by atoms with Crippen molar-refractivity contribution in [2.45, 2.75) is 19.1 Å². The van der Waals surface area contributed by atoms with Crippen molar-refractivity contribution in [1.29, 1.82) is 0 Å². The van der Waals surface area contributed by atoms with E-state index >= 15 is 0 Å². The van der Waals surface area contributed by atoms with Crippen molar-refractivity contribution >= 4 is 23.0 Å². The average molecular weight is 411 g/mol. The van der Waals surface area contributed by atoms with Gasteiger partial charge in [0.15, 0.2) is 0 Å². The van der Waals surface area contributed by atoms with E-state index in [1.165, 1.54) is 4.85 Å². The van der Waals surface area contributed by atoms with Crippen LogP contribution < -0.4 is 4.84 Å². The van der Waals surface area contributed by atoms with Crippen LogP contribution in [0.1, 0.15) is 12.0 Å². The van der Waals surface area contributed by atoms with Crippen LogP contribution in [0.15, 0.2) is 48.7 Å². The molecule has 1 aromatic carbocycles. The van der Waals surface area contributed by atoms with E-state index in [1.807, 2.05) is 30.3 Å². The SMILES string of the molecule is O=C(CC(=O)N1CCOC(COn2nnc3cccnc32)C1)OCc1ccccc1. The molecule has 1 unspecified atom stereocenters. The maximum absolute atomic E-state index is 12.5. The van der Waals surface area contributed by atoms with Gasteiger partial charge >= 0.3 is 5.97 Å². The van der Waals surface area contributed by atoms with Crippen LogP contribution in [0.4, 0.5) is 0 Å². The summed E-state index contributed by atoms with van der Waals surface area (Å²) in [5.74, 6) is -0.850. The molecule has 0 radical (unpaired) electrons. The first-order valence-electron chi connectivity index (χ1n) is 9.57. The number of hydrogen-bond donors (Lipinski definition) is 0. The minimum Gasteiger partial charge on any atom is -0.460 e. The van der Waals surface area contributed by atoms with Crippen LogP contribution in [0.3, 0.4) is 0 Å². The Morgan fingerprint density at radius 2 is 2.03 bits per heavy atom. The molecule has 2 aromatic heterocycles. The van der Waals surface area contributed by atoms with Crippen LogP contribution in [0.5, 0.6) is 0 Å². The number of carbonyl (C=O) groups excluding carboxylic acids is 2. The van der Waals surface area contributed by atoms with E-state index in [1.54, 1.807) is 23.2 Å². The number of nitrogens with zero attached hydrogens (tertiary/aromatic N) is 5. The summed E-state index contributed by atoms with van der Waals surface area (Å²) in [4.78, 5) is 37.1. The molecule has 4 rings (SSSR count). The summed E-state index contributed by atoms with van der Waals surface area (Å²) in [5, 5.41) is 7.87. The molecule has 1 aliphatic rings. The Morgan fingerprint density at radius 3 is 2.90 bits per heavy atom. The second-order valence-electron chi connectivity index (χ2n) is 6.76. The molecule has 156 valence electrons. The Morgan fingerprint density at radius 1 is 1.17 bits per heavy atom. The number of rotatable bonds is 7. The normalized spacial score (nSPS) is 16.4. The Balaban J connectivity index is 1.24. The molecule has 1 saturated heterocycles. The van der Waals surface area contributed by atoms with Crippen molar-refractivity contribution in [1.82, 2.24) is 25.0 Å². The van der Waals surface area contributed by atoms with Gasteiger partial charge in [0.25, 0.3) is 0 Å². The van der Waals surface area contributed by atoms with Gasteiger partial charge in [-0.05, 0) is 22.9 Å². The van der Waals surface area contributed by atoms with E-state index in [0.29, 0.717) is 30.9 Å². The second-order valence-corrected chi connectivity index (χ2v) is 6.76. The van der Waals surface area contributed by atoms with Gasteiger partial charge in [-0.1, -0.05) is 35.2 Å². The lowest BCUT2D eigenvalue weighted by Gasteiger charge is -2.32. The summed E-state index contributed by atoms with van der Waals surface area (Å²) in [6, 6.07) is 12.9. The number of carbonyl (C=O) groups is 2. The smallest absolute Gasteiger partial charge is 0.315 e. The Hall–Kier alpha value is -3.53. The molecule has 30 heavy (non-hydrogen) atoms. The van der Waals surface area contributed by atoms with Crippen molar-refractivity contribution in [3.63, 3.8) is 0 Å². The van der Waals surface area contributed by atoms with Gasteiger partial charge in [0, 0.05) is 12.7 Å². The summed E-state index contributed by atoms with van der Waals surface area (Å²) in [6.07, 6.45) is 0.962. The quantitative estimate of drug-likeness (QED) is 0.411. The van der Waals surface area contributed by atoms with Crippen LogP contribution in [0, 0.1) is 0 Å². The van der Waals surface area contributed by atoms with Gasteiger partial charge in [-0.2, -0.15) is 0 Å². The Kier molecular flexibility index (Phi) is 6.14. The number of esters is 1. The monoisotopic (exact) mass is 411 g/mol. The third kappa shape index (κ3) is 4.90. The average Bonchev–Trinajstić information content (AvgIpc) is 3.20. The zero-order valence-electron chi connectivity index (χ0n) is 16.2. The summed E-state index contributed by atoms with van der Waals surface area (Å²) in [6.45, 7) is 1.39. The first-order chi connectivity index (χ1) is 14.7. The van der Waals surface area contributed by atoms with Crippen molar-refractivity contribution in [2.75, 3.05) is 26.3 Å². The molecule has 10 heteroatoms. The van der Waals surface area contributed by atoms with Crippen LogP contribution in [-0.4, -0.2) is 69.3 Å². The second kappa shape index (κ2) is 9.31. The molecule has 3 aromatic rings. The van der Waals surface area contributed by atoms with Gasteiger partial charge in [-0.3, -0.25) is 9.59 Å². The van der Waals surface area contributed by atoms with Crippen molar-refractivity contribution in [2.24, 2.45) is 0 Å². The molecule has 1 atom stereocenters. The Bertz CT molecular complexity index is 1010. The minimum atomic E-state index is -0.552. The maximum Gasteiger partial charge on any atom is 0.315 e. The molecule has 0 spiro atoms. The number of hydrogen-bond acceptors (Lipinski definition) is 8. The highest BCUT2D eigenvalue weighted by atomic mass is 16.7. The van der Waals surface area contributed by atoms with Crippen LogP contribution >= 0.6 is 0 Å². The molecule has 0 saturated carbocycles. The molecule has 0 aliphatic carbocycles. The largest absolute Gasteiger partial charge is 0.460 e. The van der Waals surface area contributed by atoms with E-state index in [2.05, 4.69) is 15.3 Å². The summed E-state index contributed by atoms with van der Waals surface area (Å²) < 4.78 is 10.8. The minimum absolute atomic E-state index is 0.145. The van der Waals surface area contributed by atoms with Gasteiger partial charge in [-0.25, -0.2) is 4.98 Å². The van der Waals surface area contributed by atoms with Gasteiger partial charge in [-0.15, -0.1) is 5.10 Å². The number of ether oxygens (including phenoxy) is 2. The highest BCUT2D eigenvalue weighted by molar-refractivity contribution is 5.94. The lowest BCUT2D eigenvalue weighted by atomic mass is 10.2. The topological polar surface area (TPSA) is 109 Å². The fraction of sp³-hybridized carbons (Fsp3) is 0.350. The molecule has 1 fully saturated rings. The third-order valence-corrected chi connectivity index (χ3v) is 4.59. The van der Waals surface area contributed by atoms with E-state index in [-0.39, 0.29) is 31.6 Å². The van der Waals surface area contributed by atoms with E-state index < -0.39 is 5.97 Å². The maximum atomic E-state index is 12.5. The van der Waals surface area contributed by atoms with Crippen molar-refractivity contribution in [3.05, 3.63) is 54.2 Å². The molecule has 1 aliphatic heterocycles. The predicted molar refractivity (Wildman–Crippen MR) is 104 cm³/mol. The fourth-order valence-electron chi connectivity index (χ4n) is 3.06. The van der Waals surface area contributed by atoms with E-state index in [9.17, 15) is 9.59 Å². The predicted octanol–water partition coefficient (Wildman–Crippen LogP) is 0.616. The van der Waals surface area contributed by atoms with Gasteiger partial charge < -0.3 is 19.2 Å². The van der Waals surface area contributed by atoms with Crippen LogP contribution in [0.2, 0.25) is 0 Å². The van der Waals surface area contributed by atoms with Crippen LogP contribution in [0.25, 0.3) is 11.2 Å². The van der Waals surface area contributed by atoms with Gasteiger partial charge in [0.1, 0.15) is 31.3 Å².